The lowest BCUT2D eigenvalue weighted by Gasteiger charge is -2.07. The summed E-state index contributed by atoms with van der Waals surface area (Å²) in [5.74, 6) is -0.0896. The minimum atomic E-state index is -0.272. The van der Waals surface area contributed by atoms with Gasteiger partial charge in [-0.1, -0.05) is 18.2 Å². The van der Waals surface area contributed by atoms with Crippen LogP contribution in [0.25, 0.3) is 5.69 Å². The summed E-state index contributed by atoms with van der Waals surface area (Å²) in [6, 6.07) is 9.31. The molecule has 1 N–H and O–H groups in total. The smallest absolute Gasteiger partial charge is 0.299 e. The third-order valence-electron chi connectivity index (χ3n) is 3.93. The predicted octanol–water partition coefficient (Wildman–Crippen LogP) is 2.65. The maximum absolute atomic E-state index is 12.7. The van der Waals surface area contributed by atoms with Gasteiger partial charge in [0.1, 0.15) is 0 Å². The van der Waals surface area contributed by atoms with E-state index < -0.39 is 0 Å². The molecular formula is C16H18N6O2. The third kappa shape index (κ3) is 2.41. The highest BCUT2D eigenvalue weighted by Gasteiger charge is 2.17. The summed E-state index contributed by atoms with van der Waals surface area (Å²) >= 11 is 0. The predicted molar refractivity (Wildman–Crippen MR) is 89.5 cm³/mol. The number of benzene rings is 1. The molecule has 0 saturated heterocycles. The molecule has 2 heterocycles. The molecule has 124 valence electrons. The first-order chi connectivity index (χ1) is 11.4. The molecule has 0 saturated carbocycles. The fraction of sp³-hybridized carbons (Fsp3) is 0.250. The van der Waals surface area contributed by atoms with Gasteiger partial charge in [0.2, 0.25) is 5.88 Å². The molecule has 0 unspecified atom stereocenters. The molecule has 0 aliphatic carbocycles. The maximum Gasteiger partial charge on any atom is 0.299 e. The number of aromatic nitrogens is 4. The SMILES string of the molecule is Cc1nn(C)c(O)c1/N=N/c1c(C)n(C)n(-c2ccccc2)c1=O. The van der Waals surface area contributed by atoms with E-state index in [9.17, 15) is 9.90 Å². The lowest BCUT2D eigenvalue weighted by Crippen LogP contribution is -2.19. The zero-order valence-corrected chi connectivity index (χ0v) is 13.9. The van der Waals surface area contributed by atoms with Gasteiger partial charge in [0.05, 0.1) is 17.1 Å². The summed E-state index contributed by atoms with van der Waals surface area (Å²) < 4.78 is 4.56. The molecule has 0 amide bonds. The summed E-state index contributed by atoms with van der Waals surface area (Å²) in [6.07, 6.45) is 0. The van der Waals surface area contributed by atoms with Gasteiger partial charge in [0.25, 0.3) is 5.56 Å². The Hall–Kier alpha value is -3.16. The first kappa shape index (κ1) is 15.7. The van der Waals surface area contributed by atoms with Gasteiger partial charge in [0.15, 0.2) is 11.4 Å². The number of rotatable bonds is 3. The van der Waals surface area contributed by atoms with Crippen LogP contribution in [0.15, 0.2) is 45.4 Å². The molecular weight excluding hydrogens is 308 g/mol. The van der Waals surface area contributed by atoms with Gasteiger partial charge in [-0.3, -0.25) is 9.48 Å². The lowest BCUT2D eigenvalue weighted by molar-refractivity contribution is 0.420. The maximum atomic E-state index is 12.7. The highest BCUT2D eigenvalue weighted by atomic mass is 16.3. The number of azo groups is 1. The minimum absolute atomic E-state index is 0.0896. The van der Waals surface area contributed by atoms with Crippen LogP contribution in [0.4, 0.5) is 11.4 Å². The van der Waals surface area contributed by atoms with Crippen LogP contribution in [0.3, 0.4) is 0 Å². The summed E-state index contributed by atoms with van der Waals surface area (Å²) in [4.78, 5) is 12.7. The Bertz CT molecular complexity index is 978. The van der Waals surface area contributed by atoms with Crippen molar-refractivity contribution in [2.24, 2.45) is 24.3 Å². The quantitative estimate of drug-likeness (QED) is 0.750. The number of nitrogens with zero attached hydrogens (tertiary/aromatic N) is 6. The van der Waals surface area contributed by atoms with Crippen molar-refractivity contribution in [1.82, 2.24) is 19.1 Å². The Morgan fingerprint density at radius 2 is 1.67 bits per heavy atom. The average Bonchev–Trinajstić information content (AvgIpc) is 2.93. The summed E-state index contributed by atoms with van der Waals surface area (Å²) in [6.45, 7) is 3.51. The van der Waals surface area contributed by atoms with Gasteiger partial charge in [0, 0.05) is 14.1 Å². The molecule has 0 aliphatic rings. The molecule has 0 bridgehead atoms. The normalized spacial score (nSPS) is 11.5. The Kier molecular flexibility index (Phi) is 3.80. The van der Waals surface area contributed by atoms with Crippen molar-refractivity contribution in [1.29, 1.82) is 0 Å². The molecule has 1 aromatic carbocycles. The third-order valence-corrected chi connectivity index (χ3v) is 3.93. The van der Waals surface area contributed by atoms with Gasteiger partial charge in [-0.15, -0.1) is 10.2 Å². The molecule has 3 rings (SSSR count). The number of aromatic hydroxyl groups is 1. The van der Waals surface area contributed by atoms with Crippen LogP contribution < -0.4 is 5.56 Å². The number of para-hydroxylation sites is 1. The molecule has 3 aromatic rings. The van der Waals surface area contributed by atoms with Crippen LogP contribution in [0.1, 0.15) is 11.4 Å². The van der Waals surface area contributed by atoms with E-state index in [1.807, 2.05) is 30.3 Å². The second-order valence-electron chi connectivity index (χ2n) is 5.49. The van der Waals surface area contributed by atoms with E-state index in [2.05, 4.69) is 15.3 Å². The van der Waals surface area contributed by atoms with Crippen LogP contribution in [0, 0.1) is 13.8 Å². The second kappa shape index (κ2) is 5.80. The van der Waals surface area contributed by atoms with Crippen molar-refractivity contribution in [3.8, 4) is 11.6 Å². The van der Waals surface area contributed by atoms with Gasteiger partial charge in [-0.25, -0.2) is 9.36 Å². The van der Waals surface area contributed by atoms with Crippen molar-refractivity contribution in [2.45, 2.75) is 13.8 Å². The first-order valence-corrected chi connectivity index (χ1v) is 7.40. The topological polar surface area (TPSA) is 89.7 Å². The Labute approximate surface area is 138 Å². The standard InChI is InChI=1S/C16H18N6O2/c1-10-13(15(23)20(3)19-10)17-18-14-11(2)21(4)22(16(14)24)12-8-6-5-7-9-12/h5-9,23H,1-4H3/b18-17+. The van der Waals surface area contributed by atoms with Crippen molar-refractivity contribution < 1.29 is 5.11 Å². The molecule has 0 atom stereocenters. The second-order valence-corrected chi connectivity index (χ2v) is 5.49. The monoisotopic (exact) mass is 326 g/mol. The van der Waals surface area contributed by atoms with E-state index >= 15 is 0 Å². The molecule has 8 nitrogen and oxygen atoms in total. The summed E-state index contributed by atoms with van der Waals surface area (Å²) in [5, 5.41) is 22.1. The summed E-state index contributed by atoms with van der Waals surface area (Å²) in [5.41, 5.74) is 2.17. The van der Waals surface area contributed by atoms with Crippen molar-refractivity contribution in [2.75, 3.05) is 0 Å². The Balaban J connectivity index is 2.10. The van der Waals surface area contributed by atoms with Crippen molar-refractivity contribution in [3.63, 3.8) is 0 Å². The number of aryl methyl sites for hydroxylation is 2. The van der Waals surface area contributed by atoms with Crippen LogP contribution >= 0.6 is 0 Å². The van der Waals surface area contributed by atoms with Gasteiger partial charge < -0.3 is 5.11 Å². The van der Waals surface area contributed by atoms with Crippen molar-refractivity contribution in [3.05, 3.63) is 52.1 Å². The largest absolute Gasteiger partial charge is 0.492 e. The molecule has 0 spiro atoms. The zero-order chi connectivity index (χ0) is 17.4. The van der Waals surface area contributed by atoms with Gasteiger partial charge in [-0.2, -0.15) is 5.10 Å². The summed E-state index contributed by atoms with van der Waals surface area (Å²) in [7, 11) is 3.40. The zero-order valence-electron chi connectivity index (χ0n) is 13.9. The minimum Gasteiger partial charge on any atom is -0.492 e. The van der Waals surface area contributed by atoms with Crippen molar-refractivity contribution >= 4 is 11.4 Å². The van der Waals surface area contributed by atoms with E-state index in [0.29, 0.717) is 11.4 Å². The van der Waals surface area contributed by atoms with Crippen LogP contribution in [-0.4, -0.2) is 24.3 Å². The molecule has 0 radical (unpaired) electrons. The van der Waals surface area contributed by atoms with E-state index in [1.54, 1.807) is 32.6 Å². The fourth-order valence-corrected chi connectivity index (χ4v) is 2.52. The van der Waals surface area contributed by atoms with E-state index in [4.69, 9.17) is 0 Å². The fourth-order valence-electron chi connectivity index (χ4n) is 2.52. The van der Waals surface area contributed by atoms with E-state index in [1.165, 1.54) is 9.36 Å². The molecule has 0 fully saturated rings. The van der Waals surface area contributed by atoms with Crippen LogP contribution in [0.2, 0.25) is 0 Å². The molecule has 24 heavy (non-hydrogen) atoms. The van der Waals surface area contributed by atoms with Gasteiger partial charge in [-0.05, 0) is 26.0 Å². The van der Waals surface area contributed by atoms with Crippen LogP contribution in [0.5, 0.6) is 5.88 Å². The van der Waals surface area contributed by atoms with E-state index in [-0.39, 0.29) is 22.8 Å². The molecule has 0 aliphatic heterocycles. The first-order valence-electron chi connectivity index (χ1n) is 7.40. The number of hydrogen-bond donors (Lipinski definition) is 1. The molecule has 2 aromatic heterocycles. The average molecular weight is 326 g/mol. The highest BCUT2D eigenvalue weighted by Crippen LogP contribution is 2.30. The number of hydrogen-bond acceptors (Lipinski definition) is 5. The molecule has 8 heteroatoms. The highest BCUT2D eigenvalue weighted by molar-refractivity contribution is 5.51. The lowest BCUT2D eigenvalue weighted by atomic mass is 10.3. The van der Waals surface area contributed by atoms with E-state index in [0.717, 1.165) is 5.69 Å². The van der Waals surface area contributed by atoms with Crippen LogP contribution in [-0.2, 0) is 14.1 Å². The van der Waals surface area contributed by atoms with Gasteiger partial charge >= 0.3 is 0 Å². The Morgan fingerprint density at radius 1 is 1.04 bits per heavy atom. The Morgan fingerprint density at radius 3 is 2.25 bits per heavy atom.